The van der Waals surface area contributed by atoms with Crippen LogP contribution in [0.2, 0.25) is 0 Å². The van der Waals surface area contributed by atoms with E-state index < -0.39 is 0 Å². The number of hydrogen-bond donors (Lipinski definition) is 0. The first-order chi connectivity index (χ1) is 19.3. The molecule has 0 unspecified atom stereocenters. The lowest BCUT2D eigenvalue weighted by Gasteiger charge is -2.06. The van der Waals surface area contributed by atoms with Crippen LogP contribution in [-0.2, 0) is 0 Å². The highest BCUT2D eigenvalue weighted by Gasteiger charge is 2.17. The Morgan fingerprint density at radius 2 is 0.974 bits per heavy atom. The molecule has 0 saturated heterocycles. The summed E-state index contributed by atoms with van der Waals surface area (Å²) >= 11 is 1.86. The van der Waals surface area contributed by atoms with Gasteiger partial charge in [-0.25, -0.2) is 0 Å². The van der Waals surface area contributed by atoms with Crippen LogP contribution in [-0.4, -0.2) is 0 Å². The molecular weight excluding hydrogens is 496 g/mol. The van der Waals surface area contributed by atoms with Crippen LogP contribution in [0.1, 0.15) is 0 Å². The zero-order valence-electron chi connectivity index (χ0n) is 20.8. The molecule has 3 heteroatoms. The highest BCUT2D eigenvalue weighted by atomic mass is 32.1. The quantitative estimate of drug-likeness (QED) is 0.228. The van der Waals surface area contributed by atoms with Gasteiger partial charge in [0.15, 0.2) is 0 Å². The van der Waals surface area contributed by atoms with Gasteiger partial charge in [-0.2, -0.15) is 0 Å². The smallest absolute Gasteiger partial charge is 0.136 e. The first kappa shape index (κ1) is 21.1. The SMILES string of the molecule is c1ccc2c(c1)oc1cccc(-c3ccc4sc5c(-c6cccc7oc8ccccc8c67)cccc5c4c3)c12. The zero-order valence-corrected chi connectivity index (χ0v) is 21.6. The number of furan rings is 2. The standard InChI is InChI=1S/C36H20O2S/c1-3-14-29-26(8-1)34-22(10-6-16-31(34)37-29)21-18-19-33-28(20-21)25-13-5-12-24(36(25)39-33)23-11-7-17-32-35(23)27-9-2-4-15-30(27)38-32/h1-20H. The summed E-state index contributed by atoms with van der Waals surface area (Å²) in [7, 11) is 0. The fourth-order valence-electron chi connectivity index (χ4n) is 6.19. The summed E-state index contributed by atoms with van der Waals surface area (Å²) in [5, 5.41) is 7.22. The number of para-hydroxylation sites is 2. The third-order valence-electron chi connectivity index (χ3n) is 7.90. The molecule has 39 heavy (non-hydrogen) atoms. The molecule has 0 aliphatic rings. The molecule has 182 valence electrons. The first-order valence-electron chi connectivity index (χ1n) is 13.1. The fourth-order valence-corrected chi connectivity index (χ4v) is 7.40. The van der Waals surface area contributed by atoms with Gasteiger partial charge >= 0.3 is 0 Å². The van der Waals surface area contributed by atoms with Crippen LogP contribution in [0.3, 0.4) is 0 Å². The van der Waals surface area contributed by atoms with Gasteiger partial charge in [0.2, 0.25) is 0 Å². The number of benzene rings is 6. The normalized spacial score (nSPS) is 12.1. The topological polar surface area (TPSA) is 26.3 Å². The second-order valence-electron chi connectivity index (χ2n) is 10.0. The predicted octanol–water partition coefficient (Wildman–Crippen LogP) is 11.2. The maximum absolute atomic E-state index is 6.21. The average Bonchev–Trinajstić information content (AvgIpc) is 3.67. The average molecular weight is 517 g/mol. The maximum atomic E-state index is 6.21. The number of hydrogen-bond acceptors (Lipinski definition) is 3. The van der Waals surface area contributed by atoms with E-state index in [1.165, 1.54) is 53.2 Å². The van der Waals surface area contributed by atoms with E-state index in [-0.39, 0.29) is 0 Å². The molecule has 6 aromatic carbocycles. The van der Waals surface area contributed by atoms with Gasteiger partial charge in [-0.1, -0.05) is 84.9 Å². The van der Waals surface area contributed by atoms with Crippen LogP contribution >= 0.6 is 11.3 Å². The highest BCUT2D eigenvalue weighted by Crippen LogP contribution is 2.45. The molecule has 9 aromatic rings. The molecule has 3 aromatic heterocycles. The van der Waals surface area contributed by atoms with Crippen molar-refractivity contribution in [1.82, 2.24) is 0 Å². The lowest BCUT2D eigenvalue weighted by Crippen LogP contribution is -1.81. The van der Waals surface area contributed by atoms with E-state index in [1.54, 1.807) is 0 Å². The van der Waals surface area contributed by atoms with E-state index in [0.29, 0.717) is 0 Å². The minimum absolute atomic E-state index is 0.923. The molecule has 0 atom stereocenters. The highest BCUT2D eigenvalue weighted by molar-refractivity contribution is 7.26. The number of fused-ring (bicyclic) bond motifs is 9. The molecule has 0 aliphatic carbocycles. The van der Waals surface area contributed by atoms with Crippen molar-refractivity contribution in [3.63, 3.8) is 0 Å². The van der Waals surface area contributed by atoms with Gasteiger partial charge in [0.25, 0.3) is 0 Å². The number of rotatable bonds is 2. The molecule has 0 radical (unpaired) electrons. The van der Waals surface area contributed by atoms with Crippen molar-refractivity contribution in [2.45, 2.75) is 0 Å². The molecule has 3 heterocycles. The Morgan fingerprint density at radius 3 is 1.72 bits per heavy atom. The van der Waals surface area contributed by atoms with E-state index >= 15 is 0 Å². The molecule has 0 spiro atoms. The molecule has 0 N–H and O–H groups in total. The van der Waals surface area contributed by atoms with E-state index in [2.05, 4.69) is 97.1 Å². The Hall–Kier alpha value is -4.86. The third-order valence-corrected chi connectivity index (χ3v) is 9.12. The van der Waals surface area contributed by atoms with Crippen molar-refractivity contribution in [3.05, 3.63) is 121 Å². The van der Waals surface area contributed by atoms with Crippen molar-refractivity contribution in [1.29, 1.82) is 0 Å². The maximum Gasteiger partial charge on any atom is 0.136 e. The van der Waals surface area contributed by atoms with Gasteiger partial charge < -0.3 is 8.83 Å². The minimum atomic E-state index is 0.923. The first-order valence-corrected chi connectivity index (χ1v) is 13.9. The van der Waals surface area contributed by atoms with Gasteiger partial charge in [0.05, 0.1) is 0 Å². The largest absolute Gasteiger partial charge is 0.456 e. The second kappa shape index (κ2) is 7.83. The Morgan fingerprint density at radius 1 is 0.410 bits per heavy atom. The van der Waals surface area contributed by atoms with Gasteiger partial charge in [-0.15, -0.1) is 11.3 Å². The molecule has 0 bridgehead atoms. The minimum Gasteiger partial charge on any atom is -0.456 e. The second-order valence-corrected chi connectivity index (χ2v) is 11.1. The summed E-state index contributed by atoms with van der Waals surface area (Å²) in [6.07, 6.45) is 0. The summed E-state index contributed by atoms with van der Waals surface area (Å²) < 4.78 is 15.0. The summed E-state index contributed by atoms with van der Waals surface area (Å²) in [4.78, 5) is 0. The van der Waals surface area contributed by atoms with Crippen LogP contribution in [0.25, 0.3) is 86.3 Å². The van der Waals surface area contributed by atoms with Crippen molar-refractivity contribution in [2.24, 2.45) is 0 Å². The van der Waals surface area contributed by atoms with Crippen molar-refractivity contribution < 1.29 is 8.83 Å². The van der Waals surface area contributed by atoms with Crippen LogP contribution in [0.4, 0.5) is 0 Å². The van der Waals surface area contributed by atoms with Crippen molar-refractivity contribution in [3.8, 4) is 22.3 Å². The molecular formula is C36H20O2S. The lowest BCUT2D eigenvalue weighted by molar-refractivity contribution is 0.668. The monoisotopic (exact) mass is 516 g/mol. The molecule has 2 nitrogen and oxygen atoms in total. The van der Waals surface area contributed by atoms with Gasteiger partial charge in [0.1, 0.15) is 22.3 Å². The Labute approximate surface area is 227 Å². The zero-order chi connectivity index (χ0) is 25.5. The predicted molar refractivity (Wildman–Crippen MR) is 165 cm³/mol. The summed E-state index contributed by atoms with van der Waals surface area (Å²) in [6, 6.07) is 42.9. The van der Waals surface area contributed by atoms with E-state index in [1.807, 2.05) is 35.6 Å². The van der Waals surface area contributed by atoms with E-state index in [0.717, 1.165) is 33.1 Å². The third kappa shape index (κ3) is 2.96. The molecule has 0 fully saturated rings. The van der Waals surface area contributed by atoms with Crippen LogP contribution in [0, 0.1) is 0 Å². The molecule has 9 rings (SSSR count). The summed E-state index contributed by atoms with van der Waals surface area (Å²) in [5.74, 6) is 0. The Balaban J connectivity index is 1.30. The Kier molecular flexibility index (Phi) is 4.24. The van der Waals surface area contributed by atoms with E-state index in [9.17, 15) is 0 Å². The fraction of sp³-hybridized carbons (Fsp3) is 0. The van der Waals surface area contributed by atoms with Gasteiger partial charge in [-0.05, 0) is 53.1 Å². The van der Waals surface area contributed by atoms with Crippen LogP contribution in [0.5, 0.6) is 0 Å². The van der Waals surface area contributed by atoms with E-state index in [4.69, 9.17) is 8.83 Å². The van der Waals surface area contributed by atoms with Crippen molar-refractivity contribution in [2.75, 3.05) is 0 Å². The molecule has 0 aliphatic heterocycles. The number of thiophene rings is 1. The lowest BCUT2D eigenvalue weighted by atomic mass is 9.96. The summed E-state index contributed by atoms with van der Waals surface area (Å²) in [5.41, 5.74) is 8.56. The van der Waals surface area contributed by atoms with Crippen LogP contribution < -0.4 is 0 Å². The Bertz CT molecular complexity index is 2400. The molecule has 0 saturated carbocycles. The van der Waals surface area contributed by atoms with Crippen molar-refractivity contribution >= 4 is 75.4 Å². The van der Waals surface area contributed by atoms with Gasteiger partial charge in [-0.3, -0.25) is 0 Å². The molecule has 0 amide bonds. The van der Waals surface area contributed by atoms with Gasteiger partial charge in [0, 0.05) is 47.3 Å². The summed E-state index contributed by atoms with van der Waals surface area (Å²) in [6.45, 7) is 0. The van der Waals surface area contributed by atoms with Crippen LogP contribution in [0.15, 0.2) is 130 Å².